The van der Waals surface area contributed by atoms with E-state index in [4.69, 9.17) is 16.3 Å². The van der Waals surface area contributed by atoms with Gasteiger partial charge in [-0.05, 0) is 78.1 Å². The average Bonchev–Trinajstić information content (AvgIpc) is 2.97. The van der Waals surface area contributed by atoms with Gasteiger partial charge in [-0.3, -0.25) is 4.90 Å². The van der Waals surface area contributed by atoms with Crippen LogP contribution >= 0.6 is 11.6 Å². The molecule has 0 saturated carbocycles. The first-order valence-electron chi connectivity index (χ1n) is 11.0. The van der Waals surface area contributed by atoms with Crippen molar-refractivity contribution < 1.29 is 9.53 Å². The molecular weight excluding hydrogens is 396 g/mol. The van der Waals surface area contributed by atoms with Gasteiger partial charge in [0.1, 0.15) is 6.10 Å². The van der Waals surface area contributed by atoms with Crippen LogP contribution in [0.4, 0.5) is 4.79 Å². The topological polar surface area (TPSA) is 41.6 Å². The van der Waals surface area contributed by atoms with Gasteiger partial charge in [0.2, 0.25) is 0 Å². The SMILES string of the molecule is CC1(C)Cc2cc(-c3cccc(Cl)c3)ccc2C1NC(=O)O[C@H]1CN2CCC1CC2. The minimum absolute atomic E-state index is 0.0293. The molecule has 0 spiro atoms. The number of carbonyl (C=O) groups is 1. The van der Waals surface area contributed by atoms with E-state index >= 15 is 0 Å². The molecule has 2 aromatic carbocycles. The van der Waals surface area contributed by atoms with Gasteiger partial charge in [0.05, 0.1) is 6.04 Å². The van der Waals surface area contributed by atoms with Gasteiger partial charge in [0.15, 0.2) is 0 Å². The van der Waals surface area contributed by atoms with Crippen molar-refractivity contribution in [1.29, 1.82) is 0 Å². The van der Waals surface area contributed by atoms with Crippen molar-refractivity contribution in [2.24, 2.45) is 11.3 Å². The molecule has 4 aliphatic rings. The van der Waals surface area contributed by atoms with Crippen molar-refractivity contribution in [2.75, 3.05) is 19.6 Å². The molecule has 3 heterocycles. The molecule has 3 fully saturated rings. The molecule has 0 aromatic heterocycles. The molecule has 1 unspecified atom stereocenters. The summed E-state index contributed by atoms with van der Waals surface area (Å²) in [6, 6.07) is 14.4. The monoisotopic (exact) mass is 424 g/mol. The highest BCUT2D eigenvalue weighted by molar-refractivity contribution is 6.30. The third kappa shape index (κ3) is 3.72. The summed E-state index contributed by atoms with van der Waals surface area (Å²) in [4.78, 5) is 15.2. The summed E-state index contributed by atoms with van der Waals surface area (Å²) < 4.78 is 5.90. The van der Waals surface area contributed by atoms with Crippen LogP contribution in [-0.4, -0.2) is 36.7 Å². The third-order valence-electron chi connectivity index (χ3n) is 7.16. The largest absolute Gasteiger partial charge is 0.445 e. The van der Waals surface area contributed by atoms with Gasteiger partial charge >= 0.3 is 6.09 Å². The molecule has 4 nitrogen and oxygen atoms in total. The van der Waals surface area contributed by atoms with E-state index in [1.54, 1.807) is 0 Å². The van der Waals surface area contributed by atoms with Crippen molar-refractivity contribution >= 4 is 17.7 Å². The molecule has 1 amide bonds. The normalized spacial score (nSPS) is 28.8. The average molecular weight is 425 g/mol. The van der Waals surface area contributed by atoms with E-state index in [1.165, 1.54) is 11.1 Å². The number of alkyl carbamates (subject to hydrolysis) is 1. The molecular formula is C25H29ClN2O2. The number of hydrogen-bond acceptors (Lipinski definition) is 3. The highest BCUT2D eigenvalue weighted by Gasteiger charge is 2.42. The molecule has 1 aliphatic carbocycles. The van der Waals surface area contributed by atoms with Gasteiger partial charge in [-0.1, -0.05) is 55.8 Å². The van der Waals surface area contributed by atoms with Crippen LogP contribution in [0.25, 0.3) is 11.1 Å². The number of piperidine rings is 3. The maximum atomic E-state index is 12.8. The quantitative estimate of drug-likeness (QED) is 0.712. The Morgan fingerprint density at radius 2 is 1.90 bits per heavy atom. The van der Waals surface area contributed by atoms with Crippen molar-refractivity contribution in [3.63, 3.8) is 0 Å². The molecule has 1 N–H and O–H groups in total. The summed E-state index contributed by atoms with van der Waals surface area (Å²) >= 11 is 6.18. The number of amides is 1. The second kappa shape index (κ2) is 7.58. The Labute approximate surface area is 183 Å². The standard InChI is InChI=1S/C25H29ClN2O2/c1-25(2)14-19-12-18(17-4-3-5-20(26)13-17)6-7-21(19)23(25)27-24(29)30-22-15-28-10-8-16(22)9-11-28/h3-7,12-13,16,22-23H,8-11,14-15H2,1-2H3,(H,27,29)/t22-,23?/m0/s1. The van der Waals surface area contributed by atoms with Crippen LogP contribution in [0.2, 0.25) is 5.02 Å². The van der Waals surface area contributed by atoms with E-state index in [0.717, 1.165) is 55.0 Å². The smallest absolute Gasteiger partial charge is 0.407 e. The summed E-state index contributed by atoms with van der Waals surface area (Å²) in [7, 11) is 0. The molecule has 5 heteroatoms. The summed E-state index contributed by atoms with van der Waals surface area (Å²) in [5, 5.41) is 3.94. The summed E-state index contributed by atoms with van der Waals surface area (Å²) in [5.41, 5.74) is 4.68. The van der Waals surface area contributed by atoms with E-state index in [9.17, 15) is 4.79 Å². The lowest BCUT2D eigenvalue weighted by Crippen LogP contribution is -2.53. The van der Waals surface area contributed by atoms with Gasteiger partial charge in [-0.2, -0.15) is 0 Å². The fourth-order valence-electron chi connectivity index (χ4n) is 5.51. The first kappa shape index (κ1) is 19.9. The summed E-state index contributed by atoms with van der Waals surface area (Å²) in [6.07, 6.45) is 2.95. The Morgan fingerprint density at radius 3 is 2.60 bits per heavy atom. The fourth-order valence-corrected chi connectivity index (χ4v) is 5.70. The Hall–Kier alpha value is -2.04. The Balaban J connectivity index is 1.33. The van der Waals surface area contributed by atoms with Crippen LogP contribution in [0, 0.1) is 11.3 Å². The molecule has 30 heavy (non-hydrogen) atoms. The first-order chi connectivity index (χ1) is 14.4. The number of benzene rings is 2. The number of fused-ring (bicyclic) bond motifs is 4. The van der Waals surface area contributed by atoms with E-state index < -0.39 is 0 Å². The third-order valence-corrected chi connectivity index (χ3v) is 7.39. The highest BCUT2D eigenvalue weighted by Crippen LogP contribution is 2.46. The summed E-state index contributed by atoms with van der Waals surface area (Å²) in [6.45, 7) is 7.59. The maximum absolute atomic E-state index is 12.8. The predicted octanol–water partition coefficient (Wildman–Crippen LogP) is 5.45. The lowest BCUT2D eigenvalue weighted by molar-refractivity contribution is -0.0348. The van der Waals surface area contributed by atoms with Crippen molar-refractivity contribution in [3.05, 3.63) is 58.6 Å². The van der Waals surface area contributed by atoms with Crippen LogP contribution in [0.15, 0.2) is 42.5 Å². The van der Waals surface area contributed by atoms with Crippen LogP contribution in [0.1, 0.15) is 43.9 Å². The number of nitrogens with zero attached hydrogens (tertiary/aromatic N) is 1. The molecule has 2 atom stereocenters. The zero-order valence-corrected chi connectivity index (χ0v) is 18.4. The van der Waals surface area contributed by atoms with Gasteiger partial charge in [-0.25, -0.2) is 4.79 Å². The minimum atomic E-state index is -0.279. The summed E-state index contributed by atoms with van der Waals surface area (Å²) in [5.74, 6) is 0.518. The molecule has 6 rings (SSSR count). The number of nitrogens with one attached hydrogen (secondary N) is 1. The van der Waals surface area contributed by atoms with E-state index in [0.29, 0.717) is 5.92 Å². The lowest BCUT2D eigenvalue weighted by atomic mass is 9.85. The van der Waals surface area contributed by atoms with Crippen LogP contribution in [0.3, 0.4) is 0 Å². The maximum Gasteiger partial charge on any atom is 0.407 e. The van der Waals surface area contributed by atoms with Crippen LogP contribution in [0.5, 0.6) is 0 Å². The molecule has 3 aliphatic heterocycles. The number of hydrogen-bond donors (Lipinski definition) is 1. The zero-order valence-electron chi connectivity index (χ0n) is 17.7. The van der Waals surface area contributed by atoms with E-state index in [1.807, 2.05) is 18.2 Å². The first-order valence-corrected chi connectivity index (χ1v) is 11.4. The Kier molecular flexibility index (Phi) is 5.03. The van der Waals surface area contributed by atoms with Crippen molar-refractivity contribution in [3.8, 4) is 11.1 Å². The fraction of sp³-hybridized carbons (Fsp3) is 0.480. The molecule has 0 radical (unpaired) electrons. The van der Waals surface area contributed by atoms with Gasteiger partial charge < -0.3 is 10.1 Å². The number of carbonyl (C=O) groups excluding carboxylic acids is 1. The molecule has 3 saturated heterocycles. The van der Waals surface area contributed by atoms with E-state index in [-0.39, 0.29) is 23.7 Å². The van der Waals surface area contributed by atoms with Crippen molar-refractivity contribution in [2.45, 2.75) is 45.3 Å². The second-order valence-electron chi connectivity index (χ2n) is 9.75. The van der Waals surface area contributed by atoms with Crippen molar-refractivity contribution in [1.82, 2.24) is 10.2 Å². The minimum Gasteiger partial charge on any atom is -0.445 e. The number of halogens is 1. The van der Waals surface area contributed by atoms with Gasteiger partial charge in [0, 0.05) is 11.6 Å². The second-order valence-corrected chi connectivity index (χ2v) is 10.2. The van der Waals surface area contributed by atoms with Crippen LogP contribution < -0.4 is 5.32 Å². The number of rotatable bonds is 3. The van der Waals surface area contributed by atoms with Gasteiger partial charge in [-0.15, -0.1) is 0 Å². The molecule has 2 bridgehead atoms. The number of ether oxygens (including phenoxy) is 1. The predicted molar refractivity (Wildman–Crippen MR) is 120 cm³/mol. The van der Waals surface area contributed by atoms with Gasteiger partial charge in [0.25, 0.3) is 0 Å². The van der Waals surface area contributed by atoms with Crippen LogP contribution in [-0.2, 0) is 11.2 Å². The van der Waals surface area contributed by atoms with E-state index in [2.05, 4.69) is 48.3 Å². The Bertz CT molecular complexity index is 965. The lowest BCUT2D eigenvalue weighted by Gasteiger charge is -2.44. The molecule has 158 valence electrons. The Morgan fingerprint density at radius 1 is 1.13 bits per heavy atom. The zero-order chi connectivity index (χ0) is 20.9. The highest BCUT2D eigenvalue weighted by atomic mass is 35.5. The molecule has 2 aromatic rings.